The van der Waals surface area contributed by atoms with E-state index in [9.17, 15) is 4.79 Å². The van der Waals surface area contributed by atoms with Gasteiger partial charge in [0.15, 0.2) is 0 Å². The van der Waals surface area contributed by atoms with Crippen molar-refractivity contribution >= 4 is 5.97 Å². The molecule has 4 heteroatoms. The van der Waals surface area contributed by atoms with Crippen LogP contribution in [0.2, 0.25) is 0 Å². The molecule has 0 radical (unpaired) electrons. The van der Waals surface area contributed by atoms with Gasteiger partial charge in [0, 0.05) is 26.8 Å². The van der Waals surface area contributed by atoms with Gasteiger partial charge in [0.25, 0.3) is 0 Å². The third-order valence-corrected chi connectivity index (χ3v) is 1.72. The monoisotopic (exact) mass is 172 g/mol. The van der Waals surface area contributed by atoms with Crippen LogP contribution in [0.3, 0.4) is 0 Å². The van der Waals surface area contributed by atoms with Gasteiger partial charge in [-0.25, -0.2) is 0 Å². The van der Waals surface area contributed by atoms with E-state index < -0.39 is 5.72 Å². The fraction of sp³-hybridized carbons (Fsp3) is 0.875. The molecule has 0 unspecified atom stereocenters. The van der Waals surface area contributed by atoms with E-state index in [2.05, 4.69) is 10.2 Å². The number of carbonyl (C=O) groups is 1. The SMILES string of the molecule is CCC(CC)(N=NC)OC(C)=O. The van der Waals surface area contributed by atoms with Crippen LogP contribution in [0.15, 0.2) is 10.2 Å². The van der Waals surface area contributed by atoms with Crippen LogP contribution in [0.25, 0.3) is 0 Å². The van der Waals surface area contributed by atoms with E-state index >= 15 is 0 Å². The van der Waals surface area contributed by atoms with E-state index in [4.69, 9.17) is 4.74 Å². The summed E-state index contributed by atoms with van der Waals surface area (Å²) in [5, 5.41) is 7.57. The number of rotatable bonds is 4. The Morgan fingerprint density at radius 3 is 2.17 bits per heavy atom. The lowest BCUT2D eigenvalue weighted by Gasteiger charge is -2.24. The summed E-state index contributed by atoms with van der Waals surface area (Å²) in [5.74, 6) is -0.314. The van der Waals surface area contributed by atoms with E-state index in [1.165, 1.54) is 6.92 Å². The normalized spacial score (nSPS) is 12.0. The molecule has 0 N–H and O–H groups in total. The highest BCUT2D eigenvalue weighted by molar-refractivity contribution is 5.66. The molecule has 0 fully saturated rings. The van der Waals surface area contributed by atoms with E-state index in [1.54, 1.807) is 7.05 Å². The van der Waals surface area contributed by atoms with Gasteiger partial charge in [-0.3, -0.25) is 4.79 Å². The Kier molecular flexibility index (Phi) is 4.47. The van der Waals surface area contributed by atoms with Crippen molar-refractivity contribution in [3.63, 3.8) is 0 Å². The maximum absolute atomic E-state index is 10.7. The molecule has 0 saturated heterocycles. The third kappa shape index (κ3) is 2.98. The first-order valence-electron chi connectivity index (χ1n) is 4.10. The summed E-state index contributed by atoms with van der Waals surface area (Å²) in [4.78, 5) is 10.7. The zero-order chi connectivity index (χ0) is 9.61. The first-order chi connectivity index (χ1) is 5.60. The molecule has 0 bridgehead atoms. The third-order valence-electron chi connectivity index (χ3n) is 1.72. The second kappa shape index (κ2) is 4.85. The highest BCUT2D eigenvalue weighted by Gasteiger charge is 2.28. The summed E-state index contributed by atoms with van der Waals surface area (Å²) >= 11 is 0. The average molecular weight is 172 g/mol. The molecule has 0 spiro atoms. The van der Waals surface area contributed by atoms with Crippen molar-refractivity contribution < 1.29 is 9.53 Å². The number of nitrogens with zero attached hydrogens (tertiary/aromatic N) is 2. The molecule has 0 aliphatic rings. The lowest BCUT2D eigenvalue weighted by atomic mass is 10.1. The van der Waals surface area contributed by atoms with E-state index in [0.29, 0.717) is 12.8 Å². The Morgan fingerprint density at radius 2 is 1.92 bits per heavy atom. The Balaban J connectivity index is 4.45. The van der Waals surface area contributed by atoms with Crippen LogP contribution in [0, 0.1) is 0 Å². The zero-order valence-corrected chi connectivity index (χ0v) is 8.13. The van der Waals surface area contributed by atoms with Gasteiger partial charge in [-0.1, -0.05) is 13.8 Å². The van der Waals surface area contributed by atoms with Crippen molar-refractivity contribution in [1.29, 1.82) is 0 Å². The van der Waals surface area contributed by atoms with Crippen molar-refractivity contribution in [2.75, 3.05) is 7.05 Å². The number of hydrogen-bond donors (Lipinski definition) is 0. The fourth-order valence-electron chi connectivity index (χ4n) is 1.01. The number of ether oxygens (including phenoxy) is 1. The molecule has 0 rings (SSSR count). The molecule has 70 valence electrons. The number of azo groups is 1. The minimum Gasteiger partial charge on any atom is -0.436 e. The minimum atomic E-state index is -0.736. The Bertz CT molecular complexity index is 174. The molecule has 0 atom stereocenters. The van der Waals surface area contributed by atoms with E-state index in [0.717, 1.165) is 0 Å². The quantitative estimate of drug-likeness (QED) is 0.482. The summed E-state index contributed by atoms with van der Waals surface area (Å²) in [5.41, 5.74) is -0.736. The molecule has 0 aromatic carbocycles. The Morgan fingerprint density at radius 1 is 1.42 bits per heavy atom. The maximum atomic E-state index is 10.7. The lowest BCUT2D eigenvalue weighted by molar-refractivity contribution is -0.157. The fourth-order valence-corrected chi connectivity index (χ4v) is 1.01. The molecule has 0 aromatic rings. The van der Waals surface area contributed by atoms with Crippen molar-refractivity contribution in [1.82, 2.24) is 0 Å². The van der Waals surface area contributed by atoms with Gasteiger partial charge in [-0.15, -0.1) is 5.11 Å². The highest BCUT2D eigenvalue weighted by Crippen LogP contribution is 2.22. The largest absolute Gasteiger partial charge is 0.436 e. The molecule has 12 heavy (non-hydrogen) atoms. The zero-order valence-electron chi connectivity index (χ0n) is 8.13. The first-order valence-corrected chi connectivity index (χ1v) is 4.10. The molecule has 0 aromatic heterocycles. The van der Waals surface area contributed by atoms with Gasteiger partial charge < -0.3 is 4.74 Å². The van der Waals surface area contributed by atoms with Crippen LogP contribution >= 0.6 is 0 Å². The second-order valence-electron chi connectivity index (χ2n) is 2.55. The van der Waals surface area contributed by atoms with Crippen LogP contribution in [-0.4, -0.2) is 18.7 Å². The van der Waals surface area contributed by atoms with Gasteiger partial charge >= 0.3 is 5.97 Å². The maximum Gasteiger partial charge on any atom is 0.304 e. The van der Waals surface area contributed by atoms with Crippen LogP contribution in [-0.2, 0) is 9.53 Å². The number of carbonyl (C=O) groups excluding carboxylic acids is 1. The molecular weight excluding hydrogens is 156 g/mol. The smallest absolute Gasteiger partial charge is 0.304 e. The lowest BCUT2D eigenvalue weighted by Crippen LogP contribution is -2.30. The van der Waals surface area contributed by atoms with Crippen LogP contribution in [0.1, 0.15) is 33.6 Å². The standard InChI is InChI=1S/C8H16N2O2/c1-5-8(6-2,10-9-4)12-7(3)11/h5-6H2,1-4H3. The van der Waals surface area contributed by atoms with Gasteiger partial charge in [-0.2, -0.15) is 5.11 Å². The molecule has 4 nitrogen and oxygen atoms in total. The van der Waals surface area contributed by atoms with Gasteiger partial charge in [-0.05, 0) is 0 Å². The van der Waals surface area contributed by atoms with Crippen molar-refractivity contribution in [2.24, 2.45) is 10.2 Å². The van der Waals surface area contributed by atoms with E-state index in [-0.39, 0.29) is 5.97 Å². The second-order valence-corrected chi connectivity index (χ2v) is 2.55. The van der Waals surface area contributed by atoms with Gasteiger partial charge in [0.05, 0.1) is 0 Å². The minimum absolute atomic E-state index is 0.314. The summed E-state index contributed by atoms with van der Waals surface area (Å²) in [6, 6.07) is 0. The van der Waals surface area contributed by atoms with Crippen LogP contribution in [0.4, 0.5) is 0 Å². The highest BCUT2D eigenvalue weighted by atomic mass is 16.6. The summed E-state index contributed by atoms with van der Waals surface area (Å²) in [7, 11) is 1.57. The molecule has 0 aliphatic heterocycles. The molecule has 0 amide bonds. The van der Waals surface area contributed by atoms with Crippen molar-refractivity contribution in [3.05, 3.63) is 0 Å². The van der Waals surface area contributed by atoms with Crippen LogP contribution < -0.4 is 0 Å². The van der Waals surface area contributed by atoms with Gasteiger partial charge in [0.2, 0.25) is 5.72 Å². The summed E-state index contributed by atoms with van der Waals surface area (Å²) in [6.45, 7) is 5.22. The van der Waals surface area contributed by atoms with E-state index in [1.807, 2.05) is 13.8 Å². The summed E-state index contributed by atoms with van der Waals surface area (Å²) in [6.07, 6.45) is 1.31. The van der Waals surface area contributed by atoms with Gasteiger partial charge in [0.1, 0.15) is 0 Å². The first kappa shape index (κ1) is 11.1. The Labute approximate surface area is 73.0 Å². The number of hydrogen-bond acceptors (Lipinski definition) is 4. The average Bonchev–Trinajstić information content (AvgIpc) is 2.03. The molecule has 0 heterocycles. The molecular formula is C8H16N2O2. The molecule has 0 saturated carbocycles. The predicted molar refractivity (Wildman–Crippen MR) is 45.9 cm³/mol. The topological polar surface area (TPSA) is 51.0 Å². The predicted octanol–water partition coefficient (Wildman–Crippen LogP) is 2.15. The Hall–Kier alpha value is -0.930. The van der Waals surface area contributed by atoms with Crippen molar-refractivity contribution in [2.45, 2.75) is 39.3 Å². The molecule has 0 aliphatic carbocycles. The summed E-state index contributed by atoms with van der Waals surface area (Å²) < 4.78 is 5.08. The van der Waals surface area contributed by atoms with Crippen molar-refractivity contribution in [3.8, 4) is 0 Å². The number of esters is 1. The van der Waals surface area contributed by atoms with Crippen LogP contribution in [0.5, 0.6) is 0 Å².